The average molecular weight is 365 g/mol. The van der Waals surface area contributed by atoms with Gasteiger partial charge >= 0.3 is 6.18 Å². The SMILES string of the molecule is OC(CNc1nc(-c2ccccc2)ns1)c1cccc(C(F)(F)F)c1. The minimum Gasteiger partial charge on any atom is -0.387 e. The topological polar surface area (TPSA) is 58.0 Å². The first-order valence-corrected chi connectivity index (χ1v) is 8.19. The van der Waals surface area contributed by atoms with Crippen molar-refractivity contribution >= 4 is 16.7 Å². The molecule has 8 heteroatoms. The van der Waals surface area contributed by atoms with Crippen molar-refractivity contribution in [1.29, 1.82) is 0 Å². The number of benzene rings is 2. The summed E-state index contributed by atoms with van der Waals surface area (Å²) in [5, 5.41) is 13.5. The molecule has 1 heterocycles. The first-order chi connectivity index (χ1) is 11.9. The summed E-state index contributed by atoms with van der Waals surface area (Å²) in [6, 6.07) is 14.0. The monoisotopic (exact) mass is 365 g/mol. The third-order valence-corrected chi connectivity index (χ3v) is 4.18. The highest BCUT2D eigenvalue weighted by Gasteiger charge is 2.30. The van der Waals surface area contributed by atoms with Gasteiger partial charge in [-0.15, -0.1) is 0 Å². The second kappa shape index (κ2) is 7.20. The third-order valence-electron chi connectivity index (χ3n) is 3.50. The van der Waals surface area contributed by atoms with Crippen molar-refractivity contribution < 1.29 is 18.3 Å². The molecule has 0 saturated heterocycles. The molecule has 4 nitrogen and oxygen atoms in total. The number of aliphatic hydroxyl groups is 1. The second-order valence-electron chi connectivity index (χ2n) is 5.31. The molecule has 0 aliphatic carbocycles. The van der Waals surface area contributed by atoms with Gasteiger partial charge in [0.1, 0.15) is 0 Å². The number of rotatable bonds is 5. The molecule has 0 spiro atoms. The Labute approximate surface area is 146 Å². The fraction of sp³-hybridized carbons (Fsp3) is 0.176. The molecule has 0 aliphatic rings. The lowest BCUT2D eigenvalue weighted by Crippen LogP contribution is -2.13. The van der Waals surface area contributed by atoms with Crippen LogP contribution >= 0.6 is 11.5 Å². The van der Waals surface area contributed by atoms with E-state index in [-0.39, 0.29) is 12.1 Å². The van der Waals surface area contributed by atoms with Crippen LogP contribution in [0.4, 0.5) is 18.3 Å². The molecule has 0 radical (unpaired) electrons. The minimum absolute atomic E-state index is 0.0325. The maximum atomic E-state index is 12.7. The van der Waals surface area contributed by atoms with Gasteiger partial charge in [0.15, 0.2) is 5.82 Å². The molecule has 130 valence electrons. The van der Waals surface area contributed by atoms with Crippen LogP contribution in [0.15, 0.2) is 54.6 Å². The minimum atomic E-state index is -4.44. The molecule has 0 aliphatic heterocycles. The van der Waals surface area contributed by atoms with Gasteiger partial charge < -0.3 is 10.4 Å². The molecular weight excluding hydrogens is 351 g/mol. The lowest BCUT2D eigenvalue weighted by atomic mass is 10.1. The van der Waals surface area contributed by atoms with Crippen LogP contribution in [0.3, 0.4) is 0 Å². The molecule has 25 heavy (non-hydrogen) atoms. The molecular formula is C17H14F3N3OS. The van der Waals surface area contributed by atoms with Gasteiger partial charge in [0.2, 0.25) is 5.13 Å². The molecule has 1 aromatic heterocycles. The van der Waals surface area contributed by atoms with Crippen molar-refractivity contribution in [2.45, 2.75) is 12.3 Å². The highest BCUT2D eigenvalue weighted by Crippen LogP contribution is 2.31. The maximum Gasteiger partial charge on any atom is 0.416 e. The third kappa shape index (κ3) is 4.34. The molecule has 1 unspecified atom stereocenters. The molecule has 2 aromatic carbocycles. The quantitative estimate of drug-likeness (QED) is 0.705. The Morgan fingerprint density at radius 3 is 2.56 bits per heavy atom. The van der Waals surface area contributed by atoms with E-state index in [1.165, 1.54) is 12.1 Å². The van der Waals surface area contributed by atoms with Gasteiger partial charge in [-0.3, -0.25) is 0 Å². The molecule has 3 rings (SSSR count). The van der Waals surface area contributed by atoms with Crippen LogP contribution in [-0.2, 0) is 6.18 Å². The smallest absolute Gasteiger partial charge is 0.387 e. The summed E-state index contributed by atoms with van der Waals surface area (Å²) in [6.45, 7) is 0.0325. The van der Waals surface area contributed by atoms with E-state index in [1.807, 2.05) is 30.3 Å². The Bertz CT molecular complexity index is 836. The molecule has 3 aromatic rings. The molecule has 0 saturated carbocycles. The molecule has 0 amide bonds. The second-order valence-corrected chi connectivity index (χ2v) is 6.06. The van der Waals surface area contributed by atoms with E-state index < -0.39 is 17.8 Å². The first kappa shape index (κ1) is 17.4. The fourth-order valence-corrected chi connectivity index (χ4v) is 2.82. The summed E-state index contributed by atoms with van der Waals surface area (Å²) in [5.41, 5.74) is 0.270. The predicted octanol–water partition coefficient (Wildman–Crippen LogP) is 4.37. The van der Waals surface area contributed by atoms with E-state index >= 15 is 0 Å². The van der Waals surface area contributed by atoms with E-state index in [0.29, 0.717) is 11.0 Å². The van der Waals surface area contributed by atoms with Crippen LogP contribution in [0, 0.1) is 0 Å². The van der Waals surface area contributed by atoms with Crippen molar-refractivity contribution in [3.05, 3.63) is 65.7 Å². The van der Waals surface area contributed by atoms with E-state index in [9.17, 15) is 18.3 Å². The molecule has 1 atom stereocenters. The van der Waals surface area contributed by atoms with E-state index in [4.69, 9.17) is 0 Å². The average Bonchev–Trinajstić information content (AvgIpc) is 3.09. The Hall–Kier alpha value is -2.45. The van der Waals surface area contributed by atoms with Crippen molar-refractivity contribution in [2.75, 3.05) is 11.9 Å². The number of hydrogen-bond donors (Lipinski definition) is 2. The highest BCUT2D eigenvalue weighted by atomic mass is 32.1. The largest absolute Gasteiger partial charge is 0.416 e. The zero-order valence-electron chi connectivity index (χ0n) is 12.9. The van der Waals surface area contributed by atoms with Crippen molar-refractivity contribution in [2.24, 2.45) is 0 Å². The van der Waals surface area contributed by atoms with Gasteiger partial charge in [0, 0.05) is 23.6 Å². The lowest BCUT2D eigenvalue weighted by Gasteiger charge is -2.14. The number of alkyl halides is 3. The Morgan fingerprint density at radius 2 is 1.84 bits per heavy atom. The number of aromatic nitrogens is 2. The zero-order valence-corrected chi connectivity index (χ0v) is 13.7. The summed E-state index contributed by atoms with van der Waals surface area (Å²) in [7, 11) is 0. The maximum absolute atomic E-state index is 12.7. The molecule has 2 N–H and O–H groups in total. The van der Waals surface area contributed by atoms with Crippen LogP contribution in [0.5, 0.6) is 0 Å². The van der Waals surface area contributed by atoms with Gasteiger partial charge in [-0.2, -0.15) is 22.5 Å². The normalized spacial score (nSPS) is 12.8. The fourth-order valence-electron chi connectivity index (χ4n) is 2.22. The Morgan fingerprint density at radius 1 is 1.08 bits per heavy atom. The van der Waals surface area contributed by atoms with E-state index in [1.54, 1.807) is 0 Å². The highest BCUT2D eigenvalue weighted by molar-refractivity contribution is 7.09. The van der Waals surface area contributed by atoms with Crippen molar-refractivity contribution in [3.8, 4) is 11.4 Å². The number of halogens is 3. The van der Waals surface area contributed by atoms with Crippen LogP contribution in [0.1, 0.15) is 17.2 Å². The van der Waals surface area contributed by atoms with Gasteiger partial charge in [-0.1, -0.05) is 42.5 Å². The van der Waals surface area contributed by atoms with Gasteiger partial charge in [-0.25, -0.2) is 0 Å². The molecule has 0 fully saturated rings. The standard InChI is InChI=1S/C17H14F3N3OS/c18-17(19,20)13-8-4-7-12(9-13)14(24)10-21-16-22-15(23-25-16)11-5-2-1-3-6-11/h1-9,14,24H,10H2,(H,21,22,23). The summed E-state index contributed by atoms with van der Waals surface area (Å²) in [4.78, 5) is 4.31. The number of nitrogens with one attached hydrogen (secondary N) is 1. The summed E-state index contributed by atoms with van der Waals surface area (Å²) in [6.07, 6.45) is -5.53. The Balaban J connectivity index is 1.65. The van der Waals surface area contributed by atoms with Crippen LogP contribution in [-0.4, -0.2) is 21.0 Å². The summed E-state index contributed by atoms with van der Waals surface area (Å²) in [5.74, 6) is 0.557. The van der Waals surface area contributed by atoms with Gasteiger partial charge in [0.05, 0.1) is 11.7 Å². The number of aliphatic hydroxyl groups excluding tert-OH is 1. The zero-order chi connectivity index (χ0) is 17.9. The van der Waals surface area contributed by atoms with Gasteiger partial charge in [0.25, 0.3) is 0 Å². The predicted molar refractivity (Wildman–Crippen MR) is 90.2 cm³/mol. The van der Waals surface area contributed by atoms with Gasteiger partial charge in [-0.05, 0) is 17.7 Å². The summed E-state index contributed by atoms with van der Waals surface area (Å²) >= 11 is 1.13. The van der Waals surface area contributed by atoms with Crippen molar-refractivity contribution in [3.63, 3.8) is 0 Å². The first-order valence-electron chi connectivity index (χ1n) is 7.42. The number of anilines is 1. The van der Waals surface area contributed by atoms with Crippen LogP contribution < -0.4 is 5.32 Å². The van der Waals surface area contributed by atoms with E-state index in [2.05, 4.69) is 14.7 Å². The van der Waals surface area contributed by atoms with Crippen LogP contribution in [0.25, 0.3) is 11.4 Å². The summed E-state index contributed by atoms with van der Waals surface area (Å²) < 4.78 is 42.4. The Kier molecular flexibility index (Phi) is 5.00. The number of nitrogens with zero attached hydrogens (tertiary/aromatic N) is 2. The lowest BCUT2D eigenvalue weighted by molar-refractivity contribution is -0.137. The molecule has 0 bridgehead atoms. The van der Waals surface area contributed by atoms with E-state index in [0.717, 1.165) is 29.2 Å². The van der Waals surface area contributed by atoms with Crippen molar-refractivity contribution in [1.82, 2.24) is 9.36 Å². The van der Waals surface area contributed by atoms with Crippen LogP contribution in [0.2, 0.25) is 0 Å². The number of hydrogen-bond acceptors (Lipinski definition) is 5.